The molecule has 7 nitrogen and oxygen atoms in total. The van der Waals surface area contributed by atoms with Gasteiger partial charge in [-0.05, 0) is 54.0 Å². The van der Waals surface area contributed by atoms with E-state index in [1.165, 1.54) is 18.2 Å². The van der Waals surface area contributed by atoms with Crippen LogP contribution >= 0.6 is 0 Å². The lowest BCUT2D eigenvalue weighted by molar-refractivity contribution is -0.140. The molecule has 3 aliphatic rings. The van der Waals surface area contributed by atoms with Gasteiger partial charge in [-0.2, -0.15) is 10.5 Å². The molecule has 0 saturated carbocycles. The predicted octanol–water partition coefficient (Wildman–Crippen LogP) is 2.63. The number of nitriles is 2. The number of benzene rings is 1. The Bertz CT molecular complexity index is 909. The first-order valence-corrected chi connectivity index (χ1v) is 9.41. The first-order valence-electron chi connectivity index (χ1n) is 9.41. The molecule has 1 aromatic carbocycles. The zero-order valence-electron chi connectivity index (χ0n) is 15.7. The number of nitrogens with zero attached hydrogens (tertiary/aromatic N) is 3. The molecule has 0 aliphatic carbocycles. The molecule has 0 spiro atoms. The van der Waals surface area contributed by atoms with Crippen molar-refractivity contribution in [2.45, 2.75) is 31.7 Å². The molecule has 0 amide bonds. The Hall–Kier alpha value is -3.03. The predicted molar refractivity (Wildman–Crippen MR) is 98.2 cm³/mol. The molecule has 0 bridgehead atoms. The topological polar surface area (TPSA) is 95.6 Å². The summed E-state index contributed by atoms with van der Waals surface area (Å²) in [6.07, 6.45) is 2.37. The molecule has 3 heterocycles. The number of hydrogen-bond acceptors (Lipinski definition) is 7. The van der Waals surface area contributed by atoms with Crippen molar-refractivity contribution < 1.29 is 19.0 Å². The minimum absolute atomic E-state index is 0.000195. The van der Waals surface area contributed by atoms with Gasteiger partial charge in [-0.1, -0.05) is 0 Å². The molecule has 0 radical (unpaired) electrons. The van der Waals surface area contributed by atoms with Gasteiger partial charge in [-0.15, -0.1) is 0 Å². The van der Waals surface area contributed by atoms with E-state index in [0.717, 1.165) is 36.6 Å². The molecule has 1 fully saturated rings. The molecule has 1 saturated heterocycles. The molecule has 1 aromatic rings. The van der Waals surface area contributed by atoms with E-state index < -0.39 is 0 Å². The van der Waals surface area contributed by atoms with Crippen molar-refractivity contribution in [3.05, 3.63) is 34.4 Å². The molecule has 144 valence electrons. The maximum absolute atomic E-state index is 11.6. The standard InChI is InChI=1S/C21H21N3O4/c1-26-21(25)3-2-14-11-24-5-4-13-6-19-20(28-12-27-19)8-17(13)18(24)7-16(14)15(9-22)10-23/h6,8,14,18H,2-5,7,11-12H2,1H3/t14-,18+/m1/s1. The second-order valence-electron chi connectivity index (χ2n) is 7.30. The molecule has 4 rings (SSSR count). The van der Waals surface area contributed by atoms with Crippen LogP contribution < -0.4 is 9.47 Å². The normalized spacial score (nSPS) is 22.5. The summed E-state index contributed by atoms with van der Waals surface area (Å²) in [6.45, 7) is 1.85. The van der Waals surface area contributed by atoms with Crippen LogP contribution in [0.25, 0.3) is 0 Å². The van der Waals surface area contributed by atoms with Crippen LogP contribution in [-0.4, -0.2) is 37.9 Å². The maximum atomic E-state index is 11.6. The van der Waals surface area contributed by atoms with Crippen molar-refractivity contribution in [2.24, 2.45) is 5.92 Å². The molecule has 3 aliphatic heterocycles. The molecular formula is C21H21N3O4. The number of allylic oxidation sites excluding steroid dienone is 1. The van der Waals surface area contributed by atoms with Crippen LogP contribution in [-0.2, 0) is 16.0 Å². The summed E-state index contributed by atoms with van der Waals surface area (Å²) in [7, 11) is 1.37. The molecule has 28 heavy (non-hydrogen) atoms. The van der Waals surface area contributed by atoms with Crippen LogP contribution in [0.4, 0.5) is 0 Å². The van der Waals surface area contributed by atoms with E-state index in [4.69, 9.17) is 14.2 Å². The van der Waals surface area contributed by atoms with Gasteiger partial charge in [-0.3, -0.25) is 9.69 Å². The van der Waals surface area contributed by atoms with Gasteiger partial charge in [0.15, 0.2) is 11.5 Å². The van der Waals surface area contributed by atoms with Crippen molar-refractivity contribution in [1.29, 1.82) is 10.5 Å². The van der Waals surface area contributed by atoms with Crippen LogP contribution in [0.3, 0.4) is 0 Å². The number of ether oxygens (including phenoxy) is 3. The van der Waals surface area contributed by atoms with Gasteiger partial charge in [0.1, 0.15) is 17.7 Å². The van der Waals surface area contributed by atoms with E-state index in [9.17, 15) is 15.3 Å². The third-order valence-electron chi connectivity index (χ3n) is 5.93. The largest absolute Gasteiger partial charge is 0.469 e. The summed E-state index contributed by atoms with van der Waals surface area (Å²) >= 11 is 0. The molecular weight excluding hydrogens is 358 g/mol. The highest BCUT2D eigenvalue weighted by Crippen LogP contribution is 2.46. The van der Waals surface area contributed by atoms with Gasteiger partial charge >= 0.3 is 5.97 Å². The number of piperidine rings is 1. The number of carbonyl (C=O) groups is 1. The Morgan fingerprint density at radius 2 is 2.04 bits per heavy atom. The van der Waals surface area contributed by atoms with Gasteiger partial charge in [0.05, 0.1) is 7.11 Å². The van der Waals surface area contributed by atoms with Crippen molar-refractivity contribution >= 4 is 5.97 Å². The van der Waals surface area contributed by atoms with E-state index in [1.807, 2.05) is 6.07 Å². The lowest BCUT2D eigenvalue weighted by Crippen LogP contribution is -2.43. The lowest BCUT2D eigenvalue weighted by atomic mass is 9.77. The van der Waals surface area contributed by atoms with E-state index in [2.05, 4.69) is 23.1 Å². The van der Waals surface area contributed by atoms with Gasteiger partial charge in [0.2, 0.25) is 6.79 Å². The number of rotatable bonds is 3. The SMILES string of the molecule is COC(=O)CC[C@@H]1CN2CCc3cc4c(cc3[C@@H]2CC1=C(C#N)C#N)OCO4. The first-order chi connectivity index (χ1) is 13.6. The van der Waals surface area contributed by atoms with Crippen LogP contribution in [0.15, 0.2) is 23.3 Å². The van der Waals surface area contributed by atoms with E-state index in [0.29, 0.717) is 12.8 Å². The number of fused-ring (bicyclic) bond motifs is 4. The summed E-state index contributed by atoms with van der Waals surface area (Å²) in [5.41, 5.74) is 3.42. The zero-order chi connectivity index (χ0) is 19.7. The van der Waals surface area contributed by atoms with Crippen LogP contribution in [0, 0.1) is 28.6 Å². The average molecular weight is 379 g/mol. The minimum atomic E-state index is -0.270. The second-order valence-corrected chi connectivity index (χ2v) is 7.30. The molecule has 7 heteroatoms. The van der Waals surface area contributed by atoms with Gasteiger partial charge < -0.3 is 14.2 Å². The van der Waals surface area contributed by atoms with Gasteiger partial charge in [0.25, 0.3) is 0 Å². The number of methoxy groups -OCH3 is 1. The molecule has 0 unspecified atom stereocenters. The van der Waals surface area contributed by atoms with Crippen molar-refractivity contribution in [3.8, 4) is 23.6 Å². The summed E-state index contributed by atoms with van der Waals surface area (Å²) in [5, 5.41) is 18.9. The number of esters is 1. The fraction of sp³-hybridized carbons (Fsp3) is 0.476. The first kappa shape index (κ1) is 18.3. The third-order valence-corrected chi connectivity index (χ3v) is 5.93. The Balaban J connectivity index is 1.66. The quantitative estimate of drug-likeness (QED) is 0.588. The van der Waals surface area contributed by atoms with Gasteiger partial charge in [-0.25, -0.2) is 0 Å². The summed E-state index contributed by atoms with van der Waals surface area (Å²) < 4.78 is 15.8. The van der Waals surface area contributed by atoms with Crippen molar-refractivity contribution in [1.82, 2.24) is 4.90 Å². The van der Waals surface area contributed by atoms with E-state index in [1.54, 1.807) is 0 Å². The fourth-order valence-corrected chi connectivity index (χ4v) is 4.50. The van der Waals surface area contributed by atoms with Crippen LogP contribution in [0.5, 0.6) is 11.5 Å². The monoisotopic (exact) mass is 379 g/mol. The Morgan fingerprint density at radius 1 is 1.29 bits per heavy atom. The van der Waals surface area contributed by atoms with Crippen LogP contribution in [0.1, 0.15) is 36.4 Å². The Kier molecular flexibility index (Phi) is 4.93. The number of carbonyl (C=O) groups excluding carboxylic acids is 1. The second kappa shape index (κ2) is 7.53. The molecule has 0 N–H and O–H groups in total. The fourth-order valence-electron chi connectivity index (χ4n) is 4.50. The summed E-state index contributed by atoms with van der Waals surface area (Å²) in [5.74, 6) is 1.26. The van der Waals surface area contributed by atoms with E-state index in [-0.39, 0.29) is 36.7 Å². The summed E-state index contributed by atoms with van der Waals surface area (Å²) in [4.78, 5) is 14.0. The third kappa shape index (κ3) is 3.19. The lowest BCUT2D eigenvalue weighted by Gasteiger charge is -2.45. The number of hydrogen-bond donors (Lipinski definition) is 0. The minimum Gasteiger partial charge on any atom is -0.469 e. The zero-order valence-corrected chi connectivity index (χ0v) is 15.7. The molecule has 2 atom stereocenters. The highest BCUT2D eigenvalue weighted by Gasteiger charge is 2.38. The highest BCUT2D eigenvalue weighted by atomic mass is 16.7. The van der Waals surface area contributed by atoms with E-state index >= 15 is 0 Å². The molecule has 0 aromatic heterocycles. The van der Waals surface area contributed by atoms with Gasteiger partial charge in [0, 0.05) is 25.6 Å². The Morgan fingerprint density at radius 3 is 2.75 bits per heavy atom. The van der Waals surface area contributed by atoms with Crippen molar-refractivity contribution in [3.63, 3.8) is 0 Å². The van der Waals surface area contributed by atoms with Crippen LogP contribution in [0.2, 0.25) is 0 Å². The van der Waals surface area contributed by atoms with Crippen molar-refractivity contribution in [2.75, 3.05) is 27.0 Å². The Labute approximate surface area is 163 Å². The summed E-state index contributed by atoms with van der Waals surface area (Å²) in [6, 6.07) is 8.30. The average Bonchev–Trinajstić information content (AvgIpc) is 3.18. The highest BCUT2D eigenvalue weighted by molar-refractivity contribution is 5.69. The smallest absolute Gasteiger partial charge is 0.305 e. The maximum Gasteiger partial charge on any atom is 0.305 e.